The Morgan fingerprint density at radius 3 is 1.85 bits per heavy atom. The molecular weight excluding hydrogens is 356 g/mol. The first-order valence-corrected chi connectivity index (χ1v) is 13.0. The fraction of sp³-hybridized carbons (Fsp3) is 1.00. The summed E-state index contributed by atoms with van der Waals surface area (Å²) in [6.07, 6.45) is -0.255. The van der Waals surface area contributed by atoms with E-state index in [1.54, 1.807) is 7.11 Å². The van der Waals surface area contributed by atoms with Crippen molar-refractivity contribution in [3.63, 3.8) is 0 Å². The van der Waals surface area contributed by atoms with Crippen LogP contribution in [0.25, 0.3) is 0 Å². The second kappa shape index (κ2) is 18.3. The number of ether oxygens (including phenoxy) is 7. The van der Waals surface area contributed by atoms with Crippen LogP contribution in [0.15, 0.2) is 0 Å². The molecule has 0 aliphatic heterocycles. The van der Waals surface area contributed by atoms with E-state index in [1.807, 2.05) is 0 Å². The Bertz CT molecular complexity index is 306. The Hall–Kier alpha value is -0.0631. The summed E-state index contributed by atoms with van der Waals surface area (Å²) in [6.45, 7) is 12.7. The predicted octanol–water partition coefficient (Wildman–Crippen LogP) is 2.42. The first kappa shape index (κ1) is 24.0. The molecule has 0 amide bonds. The number of hydrogen-bond donors (Lipinski definition) is 0. The van der Waals surface area contributed by atoms with E-state index in [4.69, 9.17) is 34.5 Å². The highest BCUT2D eigenvalue weighted by molar-refractivity contribution is 6.76. The van der Waals surface area contributed by atoms with Crippen LogP contribution in [0.1, 0.15) is 8.27 Å². The van der Waals surface area contributed by atoms with Crippen molar-refractivity contribution >= 4 is 8.07 Å². The van der Waals surface area contributed by atoms with Crippen molar-refractivity contribution in [2.75, 3.05) is 80.0 Å². The number of methoxy groups -OCH3 is 1. The van der Waals surface area contributed by atoms with Gasteiger partial charge in [0, 0.05) is 23.2 Å². The predicted molar refractivity (Wildman–Crippen MR) is 105 cm³/mol. The molecule has 0 spiro atoms. The lowest BCUT2D eigenvalue weighted by molar-refractivity contribution is -0.0918. The molecule has 0 radical (unpaired) electrons. The van der Waals surface area contributed by atoms with Crippen LogP contribution in [-0.2, 0) is 33.2 Å². The maximum atomic E-state index is 7.49. The molecular formula is C18H40O7Si. The van der Waals surface area contributed by atoms with E-state index in [0.29, 0.717) is 59.5 Å². The van der Waals surface area contributed by atoms with Gasteiger partial charge < -0.3 is 33.2 Å². The van der Waals surface area contributed by atoms with Gasteiger partial charge in [-0.25, -0.2) is 0 Å². The van der Waals surface area contributed by atoms with Gasteiger partial charge >= 0.3 is 0 Å². The Balaban J connectivity index is 3.33. The van der Waals surface area contributed by atoms with Crippen LogP contribution in [0, 0.1) is 0 Å². The molecule has 0 bridgehead atoms. The molecule has 0 unspecified atom stereocenters. The lowest BCUT2D eigenvalue weighted by Gasteiger charge is -2.16. The van der Waals surface area contributed by atoms with E-state index in [1.165, 1.54) is 0 Å². The average Bonchev–Trinajstić information content (AvgIpc) is 2.62. The Morgan fingerprint density at radius 2 is 1.31 bits per heavy atom. The molecule has 26 heavy (non-hydrogen) atoms. The van der Waals surface area contributed by atoms with Gasteiger partial charge in [-0.3, -0.25) is 0 Å². The van der Waals surface area contributed by atoms with Gasteiger partial charge in [0.2, 0.25) is 0 Å². The second-order valence-corrected chi connectivity index (χ2v) is 12.7. The first-order valence-electron chi connectivity index (χ1n) is 9.99. The molecule has 158 valence electrons. The topological polar surface area (TPSA) is 64.6 Å². The van der Waals surface area contributed by atoms with Gasteiger partial charge in [-0.15, -0.1) is 0 Å². The third kappa shape index (κ3) is 22.0. The number of rotatable bonds is 20. The van der Waals surface area contributed by atoms with Gasteiger partial charge in [-0.1, -0.05) is 19.6 Å². The lowest BCUT2D eigenvalue weighted by atomic mass is 10.4. The maximum Gasteiger partial charge on any atom is 0.146 e. The minimum absolute atomic E-state index is 0.154. The summed E-state index contributed by atoms with van der Waals surface area (Å²) < 4.78 is 44.9. The molecule has 0 rings (SSSR count). The van der Waals surface area contributed by atoms with Gasteiger partial charge in [-0.2, -0.15) is 0 Å². The third-order valence-electron chi connectivity index (χ3n) is 3.22. The molecule has 0 saturated heterocycles. The Labute approximate surface area is 162 Å². The van der Waals surface area contributed by atoms with E-state index in [0.717, 1.165) is 12.7 Å². The fourth-order valence-electron chi connectivity index (χ4n) is 1.68. The molecule has 0 aliphatic rings. The Morgan fingerprint density at radius 1 is 0.731 bits per heavy atom. The van der Waals surface area contributed by atoms with Crippen molar-refractivity contribution in [2.45, 2.75) is 38.7 Å². The standard InChI is InChI=1S/C18H40O7Si/c1-18(16-24-17-23-14-15-26(3,4)5)25-13-12-22-11-10-21-9-8-20-7-6-19-2/h18H,6-17H2,1-5H3/t18-/m0/s1/i1D. The highest BCUT2D eigenvalue weighted by Crippen LogP contribution is 2.07. The van der Waals surface area contributed by atoms with Crippen molar-refractivity contribution in [3.05, 3.63) is 0 Å². The van der Waals surface area contributed by atoms with Crippen molar-refractivity contribution in [1.29, 1.82) is 0 Å². The van der Waals surface area contributed by atoms with E-state index >= 15 is 0 Å². The van der Waals surface area contributed by atoms with E-state index in [2.05, 4.69) is 19.6 Å². The normalized spacial score (nSPS) is 13.8. The fourth-order valence-corrected chi connectivity index (χ4v) is 2.44. The summed E-state index contributed by atoms with van der Waals surface area (Å²) >= 11 is 0. The van der Waals surface area contributed by atoms with E-state index in [9.17, 15) is 0 Å². The van der Waals surface area contributed by atoms with Gasteiger partial charge in [0.05, 0.1) is 65.6 Å². The summed E-state index contributed by atoms with van der Waals surface area (Å²) in [6, 6.07) is 1.12. The molecule has 8 heteroatoms. The highest BCUT2D eigenvalue weighted by Gasteiger charge is 2.12. The molecule has 0 aromatic heterocycles. The summed E-state index contributed by atoms with van der Waals surface area (Å²) in [5.74, 6) is 0. The zero-order valence-electron chi connectivity index (χ0n) is 18.1. The summed E-state index contributed by atoms with van der Waals surface area (Å²) in [7, 11) is 0.585. The van der Waals surface area contributed by atoms with Crippen LogP contribution in [0.5, 0.6) is 0 Å². The monoisotopic (exact) mass is 397 g/mol. The molecule has 0 aromatic rings. The molecule has 0 heterocycles. The maximum absolute atomic E-state index is 7.49. The van der Waals surface area contributed by atoms with Crippen LogP contribution in [0.4, 0.5) is 0 Å². The molecule has 0 saturated carbocycles. The first-order chi connectivity index (χ1) is 13.0. The van der Waals surface area contributed by atoms with Gasteiger partial charge in [0.15, 0.2) is 0 Å². The third-order valence-corrected chi connectivity index (χ3v) is 4.93. The smallest absolute Gasteiger partial charge is 0.146 e. The summed E-state index contributed by atoms with van der Waals surface area (Å²) in [5.41, 5.74) is 0. The average molecular weight is 398 g/mol. The SMILES string of the molecule is [2H]C[C@@H](COCOCC[Si](C)(C)C)OCCOCCOCCOCCOC. The van der Waals surface area contributed by atoms with Gasteiger partial charge in [0.25, 0.3) is 0 Å². The minimum atomic E-state index is -1.06. The molecule has 0 aromatic carbocycles. The lowest BCUT2D eigenvalue weighted by Crippen LogP contribution is -2.23. The quantitative estimate of drug-likeness (QED) is 0.178. The summed E-state index contributed by atoms with van der Waals surface area (Å²) in [5, 5.41) is 0. The largest absolute Gasteiger partial charge is 0.382 e. The van der Waals surface area contributed by atoms with Crippen molar-refractivity contribution in [2.24, 2.45) is 0 Å². The van der Waals surface area contributed by atoms with E-state index in [-0.39, 0.29) is 19.8 Å². The van der Waals surface area contributed by atoms with Crippen LogP contribution >= 0.6 is 0 Å². The molecule has 7 nitrogen and oxygen atoms in total. The zero-order chi connectivity index (χ0) is 20.2. The number of hydrogen-bond acceptors (Lipinski definition) is 7. The van der Waals surface area contributed by atoms with Gasteiger partial charge in [-0.05, 0) is 12.9 Å². The van der Waals surface area contributed by atoms with Crippen molar-refractivity contribution in [3.8, 4) is 0 Å². The van der Waals surface area contributed by atoms with Crippen molar-refractivity contribution < 1.29 is 34.5 Å². The van der Waals surface area contributed by atoms with Crippen LogP contribution < -0.4 is 0 Å². The second-order valence-electron chi connectivity index (χ2n) is 7.03. The van der Waals surface area contributed by atoms with Gasteiger partial charge in [0.1, 0.15) is 6.79 Å². The van der Waals surface area contributed by atoms with Crippen LogP contribution in [0.3, 0.4) is 0 Å². The van der Waals surface area contributed by atoms with Crippen molar-refractivity contribution in [1.82, 2.24) is 0 Å². The van der Waals surface area contributed by atoms with Crippen LogP contribution in [-0.4, -0.2) is 94.1 Å². The Kier molecular flexibility index (Phi) is 16.9. The summed E-state index contributed by atoms with van der Waals surface area (Å²) in [4.78, 5) is 0. The molecule has 0 aliphatic carbocycles. The van der Waals surface area contributed by atoms with E-state index < -0.39 is 8.07 Å². The minimum Gasteiger partial charge on any atom is -0.382 e. The van der Waals surface area contributed by atoms with Crippen LogP contribution in [0.2, 0.25) is 25.7 Å². The highest BCUT2D eigenvalue weighted by atomic mass is 28.3. The zero-order valence-corrected chi connectivity index (χ0v) is 18.1. The molecule has 0 N–H and O–H groups in total. The molecule has 1 atom stereocenters. The molecule has 0 fully saturated rings.